The van der Waals surface area contributed by atoms with Gasteiger partial charge in [0.15, 0.2) is 9.84 Å². The first kappa shape index (κ1) is 12.0. The van der Waals surface area contributed by atoms with Crippen LogP contribution in [0.15, 0.2) is 29.2 Å². The molecule has 15 heavy (non-hydrogen) atoms. The Morgan fingerprint density at radius 2 is 1.87 bits per heavy atom. The van der Waals surface area contributed by atoms with Crippen LogP contribution < -0.4 is 5.32 Å². The van der Waals surface area contributed by atoms with E-state index in [1.54, 1.807) is 31.2 Å². The summed E-state index contributed by atoms with van der Waals surface area (Å²) in [4.78, 5) is 0.296. The Morgan fingerprint density at radius 3 is 2.27 bits per heavy atom. The van der Waals surface area contributed by atoms with Crippen LogP contribution >= 0.6 is 0 Å². The molecule has 4 nitrogen and oxygen atoms in total. The van der Waals surface area contributed by atoms with Crippen LogP contribution in [0.5, 0.6) is 0 Å². The lowest BCUT2D eigenvalue weighted by Gasteiger charge is -2.08. The average Bonchev–Trinajstić information content (AvgIpc) is 2.14. The molecule has 5 heteroatoms. The summed E-state index contributed by atoms with van der Waals surface area (Å²) in [6.45, 7) is 2.12. The third-order valence-electron chi connectivity index (χ3n) is 1.88. The van der Waals surface area contributed by atoms with Crippen molar-refractivity contribution in [3.8, 4) is 0 Å². The molecule has 0 fully saturated rings. The van der Waals surface area contributed by atoms with Crippen LogP contribution in [0.3, 0.4) is 0 Å². The molecule has 1 aromatic carbocycles. The van der Waals surface area contributed by atoms with Gasteiger partial charge in [0, 0.05) is 18.5 Å². The molecule has 0 aliphatic carbocycles. The summed E-state index contributed by atoms with van der Waals surface area (Å²) in [5.74, 6) is 0. The molecular formula is C10H15NO3S. The van der Waals surface area contributed by atoms with Crippen molar-refractivity contribution in [2.45, 2.75) is 17.9 Å². The normalized spacial score (nSPS) is 13.5. The van der Waals surface area contributed by atoms with Crippen LogP contribution in [-0.4, -0.2) is 32.4 Å². The van der Waals surface area contributed by atoms with Gasteiger partial charge in [-0.25, -0.2) is 8.42 Å². The number of aliphatic hydroxyl groups excluding tert-OH is 1. The van der Waals surface area contributed by atoms with Gasteiger partial charge in [0.05, 0.1) is 11.0 Å². The van der Waals surface area contributed by atoms with Crippen molar-refractivity contribution < 1.29 is 13.5 Å². The zero-order valence-corrected chi connectivity index (χ0v) is 9.58. The third kappa shape index (κ3) is 3.89. The quantitative estimate of drug-likeness (QED) is 0.804. The predicted octanol–water partition coefficient (Wildman–Crippen LogP) is 0.883. The fourth-order valence-electron chi connectivity index (χ4n) is 1.09. The Labute approximate surface area is 89.9 Å². The number of hydrogen-bond acceptors (Lipinski definition) is 4. The fourth-order valence-corrected chi connectivity index (χ4v) is 1.72. The highest BCUT2D eigenvalue weighted by Gasteiger charge is 2.05. The van der Waals surface area contributed by atoms with Gasteiger partial charge in [-0.15, -0.1) is 0 Å². The first-order valence-electron chi connectivity index (χ1n) is 4.61. The Kier molecular flexibility index (Phi) is 3.71. The number of rotatable bonds is 4. The SMILES string of the molecule is C[C@@H](O)CNc1ccc(S(C)(=O)=O)cc1. The lowest BCUT2D eigenvalue weighted by Crippen LogP contribution is -2.15. The van der Waals surface area contributed by atoms with E-state index in [0.717, 1.165) is 5.69 Å². The Balaban J connectivity index is 2.73. The van der Waals surface area contributed by atoms with E-state index in [1.807, 2.05) is 0 Å². The number of anilines is 1. The van der Waals surface area contributed by atoms with Crippen LogP contribution in [0.4, 0.5) is 5.69 Å². The number of hydrogen-bond donors (Lipinski definition) is 2. The molecule has 0 aliphatic heterocycles. The summed E-state index contributed by atoms with van der Waals surface area (Å²) < 4.78 is 22.3. The first-order valence-corrected chi connectivity index (χ1v) is 6.51. The van der Waals surface area contributed by atoms with Crippen LogP contribution in [0.1, 0.15) is 6.92 Å². The molecule has 0 unspecified atom stereocenters. The van der Waals surface area contributed by atoms with Crippen molar-refractivity contribution in [3.63, 3.8) is 0 Å². The maximum Gasteiger partial charge on any atom is 0.175 e. The van der Waals surface area contributed by atoms with E-state index in [-0.39, 0.29) is 0 Å². The predicted molar refractivity (Wildman–Crippen MR) is 59.7 cm³/mol. The molecule has 1 aromatic rings. The number of sulfone groups is 1. The van der Waals surface area contributed by atoms with Gasteiger partial charge in [-0.1, -0.05) is 0 Å². The van der Waals surface area contributed by atoms with E-state index >= 15 is 0 Å². The largest absolute Gasteiger partial charge is 0.392 e. The molecule has 0 amide bonds. The zero-order chi connectivity index (χ0) is 11.5. The molecule has 84 valence electrons. The van der Waals surface area contributed by atoms with Crippen molar-refractivity contribution in [2.24, 2.45) is 0 Å². The number of aliphatic hydroxyl groups is 1. The standard InChI is InChI=1S/C10H15NO3S/c1-8(12)7-11-9-3-5-10(6-4-9)15(2,13)14/h3-6,8,11-12H,7H2,1-2H3/t8-/m1/s1. The van der Waals surface area contributed by atoms with Gasteiger partial charge in [-0.2, -0.15) is 0 Å². The van der Waals surface area contributed by atoms with Crippen molar-refractivity contribution in [2.75, 3.05) is 18.1 Å². The second-order valence-electron chi connectivity index (χ2n) is 3.53. The lowest BCUT2D eigenvalue weighted by molar-refractivity contribution is 0.208. The minimum Gasteiger partial charge on any atom is -0.392 e. The summed E-state index contributed by atoms with van der Waals surface area (Å²) in [6.07, 6.45) is 0.741. The molecule has 2 N–H and O–H groups in total. The zero-order valence-electron chi connectivity index (χ0n) is 8.77. The molecule has 0 aromatic heterocycles. The minimum atomic E-state index is -3.13. The van der Waals surface area contributed by atoms with Crippen molar-refractivity contribution >= 4 is 15.5 Å². The molecule has 0 heterocycles. The Morgan fingerprint density at radius 1 is 1.33 bits per heavy atom. The van der Waals surface area contributed by atoms with E-state index in [2.05, 4.69) is 5.32 Å². The van der Waals surface area contributed by atoms with Crippen molar-refractivity contribution in [3.05, 3.63) is 24.3 Å². The molecule has 0 radical (unpaired) electrons. The topological polar surface area (TPSA) is 66.4 Å². The maximum absolute atomic E-state index is 11.1. The van der Waals surface area contributed by atoms with Gasteiger partial charge in [0.25, 0.3) is 0 Å². The maximum atomic E-state index is 11.1. The lowest BCUT2D eigenvalue weighted by atomic mass is 10.3. The van der Waals surface area contributed by atoms with E-state index in [4.69, 9.17) is 5.11 Å². The average molecular weight is 229 g/mol. The van der Waals surface area contributed by atoms with Gasteiger partial charge in [0.2, 0.25) is 0 Å². The molecule has 0 aliphatic rings. The van der Waals surface area contributed by atoms with Crippen molar-refractivity contribution in [1.82, 2.24) is 0 Å². The van der Waals surface area contributed by atoms with Gasteiger partial charge in [0.1, 0.15) is 0 Å². The van der Waals surface area contributed by atoms with Crippen LogP contribution in [0, 0.1) is 0 Å². The van der Waals surface area contributed by atoms with E-state index in [1.165, 1.54) is 6.26 Å². The summed E-state index contributed by atoms with van der Waals surface area (Å²) in [7, 11) is -3.13. The second-order valence-corrected chi connectivity index (χ2v) is 5.54. The van der Waals surface area contributed by atoms with Gasteiger partial charge >= 0.3 is 0 Å². The van der Waals surface area contributed by atoms with Crippen LogP contribution in [0.25, 0.3) is 0 Å². The molecular weight excluding hydrogens is 214 g/mol. The molecule has 1 rings (SSSR count). The Bertz CT molecular complexity index is 409. The highest BCUT2D eigenvalue weighted by Crippen LogP contribution is 2.13. The number of nitrogens with one attached hydrogen (secondary N) is 1. The van der Waals surface area contributed by atoms with Gasteiger partial charge in [-0.3, -0.25) is 0 Å². The van der Waals surface area contributed by atoms with E-state index in [9.17, 15) is 8.42 Å². The molecule has 0 saturated heterocycles. The van der Waals surface area contributed by atoms with Gasteiger partial charge in [-0.05, 0) is 31.2 Å². The Hall–Kier alpha value is -1.07. The number of benzene rings is 1. The highest BCUT2D eigenvalue weighted by atomic mass is 32.2. The van der Waals surface area contributed by atoms with Crippen LogP contribution in [-0.2, 0) is 9.84 Å². The third-order valence-corrected chi connectivity index (χ3v) is 3.01. The molecule has 0 spiro atoms. The molecule has 0 saturated carbocycles. The first-order chi connectivity index (χ1) is 6.89. The highest BCUT2D eigenvalue weighted by molar-refractivity contribution is 7.90. The van der Waals surface area contributed by atoms with Crippen molar-refractivity contribution in [1.29, 1.82) is 0 Å². The fraction of sp³-hybridized carbons (Fsp3) is 0.400. The van der Waals surface area contributed by atoms with E-state index in [0.29, 0.717) is 11.4 Å². The summed E-state index contributed by atoms with van der Waals surface area (Å²) in [5, 5.41) is 12.0. The van der Waals surface area contributed by atoms with Crippen LogP contribution in [0.2, 0.25) is 0 Å². The minimum absolute atomic E-state index is 0.296. The van der Waals surface area contributed by atoms with E-state index < -0.39 is 15.9 Å². The smallest absolute Gasteiger partial charge is 0.175 e. The summed E-state index contributed by atoms with van der Waals surface area (Å²) in [6, 6.07) is 6.44. The molecule has 1 atom stereocenters. The summed E-state index contributed by atoms with van der Waals surface area (Å²) >= 11 is 0. The summed E-state index contributed by atoms with van der Waals surface area (Å²) in [5.41, 5.74) is 0.795. The monoisotopic (exact) mass is 229 g/mol. The second kappa shape index (κ2) is 4.63. The van der Waals surface area contributed by atoms with Gasteiger partial charge < -0.3 is 10.4 Å². The molecule has 0 bridgehead atoms.